The molecule has 0 bridgehead atoms. The number of ether oxygens (including phenoxy) is 1. The van der Waals surface area contributed by atoms with Crippen LogP contribution in [-0.2, 0) is 11.2 Å². The molecule has 4 rings (SSSR count). The molecule has 3 aromatic rings. The van der Waals surface area contributed by atoms with E-state index < -0.39 is 0 Å². The van der Waals surface area contributed by atoms with Gasteiger partial charge in [0.2, 0.25) is 5.76 Å². The van der Waals surface area contributed by atoms with Gasteiger partial charge in [0, 0.05) is 36.8 Å². The molecule has 118 valence electrons. The Morgan fingerprint density at radius 3 is 2.87 bits per heavy atom. The first-order valence-electron chi connectivity index (χ1n) is 7.74. The van der Waals surface area contributed by atoms with Crippen LogP contribution in [0.2, 0.25) is 0 Å². The van der Waals surface area contributed by atoms with Gasteiger partial charge in [-0.15, -0.1) is 0 Å². The Hall–Kier alpha value is -2.47. The second kappa shape index (κ2) is 5.96. The van der Waals surface area contributed by atoms with Crippen molar-refractivity contribution in [1.82, 2.24) is 19.7 Å². The summed E-state index contributed by atoms with van der Waals surface area (Å²) in [6, 6.07) is 6.27. The first kappa shape index (κ1) is 14.1. The minimum atomic E-state index is 0.242. The Labute approximate surface area is 134 Å². The average Bonchev–Trinajstić information content (AvgIpc) is 3.28. The van der Waals surface area contributed by atoms with E-state index in [1.165, 1.54) is 5.56 Å². The highest BCUT2D eigenvalue weighted by atomic mass is 16.5. The predicted octanol–water partition coefficient (Wildman–Crippen LogP) is 2.67. The summed E-state index contributed by atoms with van der Waals surface area (Å²) in [6.45, 7) is 3.34. The molecule has 0 unspecified atom stereocenters. The predicted molar refractivity (Wildman–Crippen MR) is 83.7 cm³/mol. The molecular formula is C17H18N4O2. The van der Waals surface area contributed by atoms with E-state index in [1.54, 1.807) is 6.20 Å². The lowest BCUT2D eigenvalue weighted by molar-refractivity contribution is 0.181. The molecule has 0 aromatic carbocycles. The lowest BCUT2D eigenvalue weighted by Crippen LogP contribution is -2.20. The lowest BCUT2D eigenvalue weighted by Gasteiger charge is -2.20. The molecule has 1 fully saturated rings. The zero-order valence-electron chi connectivity index (χ0n) is 12.9. The number of pyridine rings is 1. The zero-order valence-corrected chi connectivity index (χ0v) is 12.9. The van der Waals surface area contributed by atoms with Gasteiger partial charge in [-0.2, -0.15) is 0 Å². The third-order valence-corrected chi connectivity index (χ3v) is 4.29. The maximum atomic E-state index is 5.75. The Kier molecular flexibility index (Phi) is 3.67. The SMILES string of the molecule is Cc1cc(-c2nccn2[C@@H]2COC[C@H]2Cc2ccncc2)on1. The van der Waals surface area contributed by atoms with Gasteiger partial charge in [0.15, 0.2) is 5.82 Å². The van der Waals surface area contributed by atoms with E-state index in [-0.39, 0.29) is 6.04 Å². The number of nitrogens with zero attached hydrogens (tertiary/aromatic N) is 4. The van der Waals surface area contributed by atoms with Crippen molar-refractivity contribution in [2.75, 3.05) is 13.2 Å². The van der Waals surface area contributed by atoms with Gasteiger partial charge >= 0.3 is 0 Å². The van der Waals surface area contributed by atoms with Crippen molar-refractivity contribution in [2.45, 2.75) is 19.4 Å². The molecule has 0 radical (unpaired) electrons. The number of aromatic nitrogens is 4. The van der Waals surface area contributed by atoms with Crippen LogP contribution in [-0.4, -0.2) is 32.9 Å². The largest absolute Gasteiger partial charge is 0.379 e. The van der Waals surface area contributed by atoms with E-state index >= 15 is 0 Å². The molecule has 3 aromatic heterocycles. The fraction of sp³-hybridized carbons (Fsp3) is 0.353. The van der Waals surface area contributed by atoms with Crippen molar-refractivity contribution in [3.05, 3.63) is 54.2 Å². The summed E-state index contributed by atoms with van der Waals surface area (Å²) in [5.41, 5.74) is 2.13. The summed E-state index contributed by atoms with van der Waals surface area (Å²) >= 11 is 0. The second-order valence-corrected chi connectivity index (χ2v) is 5.92. The molecule has 0 amide bonds. The van der Waals surface area contributed by atoms with Crippen molar-refractivity contribution in [2.24, 2.45) is 5.92 Å². The smallest absolute Gasteiger partial charge is 0.202 e. The second-order valence-electron chi connectivity index (χ2n) is 5.92. The van der Waals surface area contributed by atoms with Crippen LogP contribution in [0, 0.1) is 12.8 Å². The van der Waals surface area contributed by atoms with Gasteiger partial charge in [0.05, 0.1) is 24.9 Å². The quantitative estimate of drug-likeness (QED) is 0.741. The molecule has 6 heteroatoms. The molecule has 6 nitrogen and oxygen atoms in total. The molecule has 0 N–H and O–H groups in total. The molecule has 1 saturated heterocycles. The fourth-order valence-corrected chi connectivity index (χ4v) is 3.15. The number of hydrogen-bond donors (Lipinski definition) is 0. The van der Waals surface area contributed by atoms with Crippen LogP contribution in [0.15, 0.2) is 47.5 Å². The standard InChI is InChI=1S/C17H18N4O2/c1-12-8-16(23-20-12)17-19-6-7-21(17)15-11-22-10-14(15)9-13-2-4-18-5-3-13/h2-8,14-15H,9-11H2,1H3/t14-,15-/m1/s1. The maximum Gasteiger partial charge on any atom is 0.202 e. The minimum absolute atomic E-state index is 0.242. The molecule has 1 aliphatic rings. The van der Waals surface area contributed by atoms with Gasteiger partial charge in [-0.1, -0.05) is 5.16 Å². The monoisotopic (exact) mass is 310 g/mol. The summed E-state index contributed by atoms with van der Waals surface area (Å²) in [4.78, 5) is 8.53. The average molecular weight is 310 g/mol. The van der Waals surface area contributed by atoms with E-state index in [0.717, 1.165) is 24.5 Å². The van der Waals surface area contributed by atoms with Crippen LogP contribution in [0.1, 0.15) is 17.3 Å². The zero-order chi connectivity index (χ0) is 15.6. The number of aryl methyl sites for hydroxylation is 1. The van der Waals surface area contributed by atoms with E-state index in [0.29, 0.717) is 18.3 Å². The van der Waals surface area contributed by atoms with Gasteiger partial charge in [0.1, 0.15) is 0 Å². The minimum Gasteiger partial charge on any atom is -0.379 e. The highest BCUT2D eigenvalue weighted by Crippen LogP contribution is 2.32. The summed E-state index contributed by atoms with van der Waals surface area (Å²) in [5.74, 6) is 1.90. The Balaban J connectivity index is 1.61. The van der Waals surface area contributed by atoms with Crippen LogP contribution in [0.5, 0.6) is 0 Å². The first-order valence-corrected chi connectivity index (χ1v) is 7.74. The van der Waals surface area contributed by atoms with Crippen LogP contribution in [0.25, 0.3) is 11.6 Å². The highest BCUT2D eigenvalue weighted by Gasteiger charge is 2.31. The topological polar surface area (TPSA) is 66.0 Å². The molecule has 4 heterocycles. The Morgan fingerprint density at radius 2 is 2.09 bits per heavy atom. The molecule has 0 spiro atoms. The fourth-order valence-electron chi connectivity index (χ4n) is 3.15. The van der Waals surface area contributed by atoms with Gasteiger partial charge in [-0.3, -0.25) is 4.98 Å². The van der Waals surface area contributed by atoms with Crippen molar-refractivity contribution in [1.29, 1.82) is 0 Å². The van der Waals surface area contributed by atoms with Crippen LogP contribution >= 0.6 is 0 Å². The molecule has 2 atom stereocenters. The summed E-state index contributed by atoms with van der Waals surface area (Å²) in [6.07, 6.45) is 8.42. The van der Waals surface area contributed by atoms with Gasteiger partial charge in [0.25, 0.3) is 0 Å². The molecule has 23 heavy (non-hydrogen) atoms. The van der Waals surface area contributed by atoms with Crippen molar-refractivity contribution in [3.63, 3.8) is 0 Å². The van der Waals surface area contributed by atoms with E-state index in [4.69, 9.17) is 9.26 Å². The highest BCUT2D eigenvalue weighted by molar-refractivity contribution is 5.47. The number of imidazole rings is 1. The van der Waals surface area contributed by atoms with Crippen LogP contribution in [0.3, 0.4) is 0 Å². The van der Waals surface area contributed by atoms with E-state index in [1.807, 2.05) is 31.6 Å². The molecular weight excluding hydrogens is 292 g/mol. The van der Waals surface area contributed by atoms with Crippen LogP contribution < -0.4 is 0 Å². The Morgan fingerprint density at radius 1 is 1.22 bits per heavy atom. The van der Waals surface area contributed by atoms with E-state index in [2.05, 4.69) is 31.8 Å². The summed E-state index contributed by atoms with van der Waals surface area (Å²) < 4.78 is 13.3. The van der Waals surface area contributed by atoms with Gasteiger partial charge < -0.3 is 13.8 Å². The lowest BCUT2D eigenvalue weighted by atomic mass is 9.95. The van der Waals surface area contributed by atoms with Crippen molar-refractivity contribution in [3.8, 4) is 11.6 Å². The maximum absolute atomic E-state index is 5.75. The number of hydrogen-bond acceptors (Lipinski definition) is 5. The Bertz CT molecular complexity index is 781. The van der Waals surface area contributed by atoms with Gasteiger partial charge in [-0.05, 0) is 31.0 Å². The van der Waals surface area contributed by atoms with Crippen molar-refractivity contribution < 1.29 is 9.26 Å². The van der Waals surface area contributed by atoms with Crippen molar-refractivity contribution >= 4 is 0 Å². The number of rotatable bonds is 4. The van der Waals surface area contributed by atoms with Gasteiger partial charge in [-0.25, -0.2) is 4.98 Å². The summed E-state index contributed by atoms with van der Waals surface area (Å²) in [5, 5.41) is 3.96. The summed E-state index contributed by atoms with van der Waals surface area (Å²) in [7, 11) is 0. The van der Waals surface area contributed by atoms with E-state index in [9.17, 15) is 0 Å². The molecule has 0 saturated carbocycles. The van der Waals surface area contributed by atoms with Crippen LogP contribution in [0.4, 0.5) is 0 Å². The third-order valence-electron chi connectivity index (χ3n) is 4.29. The first-order chi connectivity index (χ1) is 11.3. The molecule has 1 aliphatic heterocycles. The molecule has 0 aliphatic carbocycles. The third kappa shape index (κ3) is 2.77. The normalized spacial score (nSPS) is 20.9.